The van der Waals surface area contributed by atoms with Crippen LogP contribution in [0.4, 0.5) is 4.39 Å². The van der Waals surface area contributed by atoms with Gasteiger partial charge in [0.1, 0.15) is 4.99 Å². The van der Waals surface area contributed by atoms with Crippen LogP contribution < -0.4 is 16.0 Å². The Morgan fingerprint density at radius 3 is 2.80 bits per heavy atom. The van der Waals surface area contributed by atoms with E-state index in [1.165, 1.54) is 23.8 Å². The number of hydrogen-bond donors (Lipinski definition) is 1. The molecule has 2 N–H and O–H groups in total. The van der Waals surface area contributed by atoms with Gasteiger partial charge in [0, 0.05) is 6.20 Å². The van der Waals surface area contributed by atoms with Gasteiger partial charge in [0.15, 0.2) is 11.6 Å². The Labute approximate surface area is 120 Å². The van der Waals surface area contributed by atoms with Gasteiger partial charge >= 0.3 is 0 Å². The highest BCUT2D eigenvalue weighted by Crippen LogP contribution is 2.17. The normalized spacial score (nSPS) is 10.3. The third kappa shape index (κ3) is 2.85. The molecule has 104 valence electrons. The number of aromatic nitrogens is 1. The van der Waals surface area contributed by atoms with E-state index in [1.54, 1.807) is 24.4 Å². The predicted molar refractivity (Wildman–Crippen MR) is 78.6 cm³/mol. The molecule has 1 aromatic carbocycles. The number of methoxy groups -OCH3 is 1. The maximum atomic E-state index is 13.6. The van der Waals surface area contributed by atoms with Crippen molar-refractivity contribution in [2.45, 2.75) is 6.54 Å². The molecule has 0 aliphatic carbocycles. The van der Waals surface area contributed by atoms with Crippen molar-refractivity contribution < 1.29 is 9.13 Å². The van der Waals surface area contributed by atoms with E-state index >= 15 is 0 Å². The minimum absolute atomic E-state index is 0.0465. The Bertz CT molecular complexity index is 713. The Kier molecular flexibility index (Phi) is 4.14. The molecule has 1 heterocycles. The summed E-state index contributed by atoms with van der Waals surface area (Å²) in [6.07, 6.45) is 1.60. The zero-order chi connectivity index (χ0) is 14.7. The molecular weight excluding hydrogens is 279 g/mol. The van der Waals surface area contributed by atoms with Gasteiger partial charge < -0.3 is 15.0 Å². The molecule has 0 spiro atoms. The van der Waals surface area contributed by atoms with Gasteiger partial charge in [-0.3, -0.25) is 4.79 Å². The highest BCUT2D eigenvalue weighted by Gasteiger charge is 2.08. The fraction of sp³-hybridized carbons (Fsp3) is 0.143. The molecule has 0 radical (unpaired) electrons. The molecule has 0 atom stereocenters. The summed E-state index contributed by atoms with van der Waals surface area (Å²) in [6, 6.07) is 7.79. The van der Waals surface area contributed by atoms with Crippen molar-refractivity contribution in [3.8, 4) is 5.75 Å². The number of nitrogens with two attached hydrogens (primary N) is 1. The van der Waals surface area contributed by atoms with Crippen LogP contribution in [0.5, 0.6) is 5.75 Å². The Hall–Kier alpha value is -2.21. The molecule has 20 heavy (non-hydrogen) atoms. The van der Waals surface area contributed by atoms with E-state index in [1.807, 2.05) is 0 Å². The lowest BCUT2D eigenvalue weighted by Crippen LogP contribution is -2.28. The smallest absolute Gasteiger partial charge is 0.261 e. The molecule has 1 aromatic heterocycles. The topological polar surface area (TPSA) is 57.2 Å². The molecule has 0 saturated heterocycles. The zero-order valence-electron chi connectivity index (χ0n) is 10.8. The quantitative estimate of drug-likeness (QED) is 0.871. The molecule has 2 rings (SSSR count). The van der Waals surface area contributed by atoms with Crippen LogP contribution in [0.25, 0.3) is 0 Å². The van der Waals surface area contributed by atoms with Gasteiger partial charge in [-0.15, -0.1) is 0 Å². The minimum Gasteiger partial charge on any atom is -0.494 e. The summed E-state index contributed by atoms with van der Waals surface area (Å²) in [5.41, 5.74) is 6.10. The molecule has 0 bridgehead atoms. The Morgan fingerprint density at radius 1 is 1.45 bits per heavy atom. The van der Waals surface area contributed by atoms with Crippen molar-refractivity contribution in [1.29, 1.82) is 0 Å². The summed E-state index contributed by atoms with van der Waals surface area (Å²) in [4.78, 5) is 12.1. The fourth-order valence-corrected chi connectivity index (χ4v) is 2.01. The number of rotatable bonds is 4. The number of thiocarbonyl (C=S) groups is 1. The summed E-state index contributed by atoms with van der Waals surface area (Å²) in [5, 5.41) is 0. The first-order valence-corrected chi connectivity index (χ1v) is 6.25. The van der Waals surface area contributed by atoms with E-state index in [2.05, 4.69) is 0 Å². The lowest BCUT2D eigenvalue weighted by atomic mass is 10.2. The molecule has 0 fully saturated rings. The maximum absolute atomic E-state index is 13.6. The van der Waals surface area contributed by atoms with Gasteiger partial charge in [-0.1, -0.05) is 18.3 Å². The van der Waals surface area contributed by atoms with Crippen LogP contribution in [-0.4, -0.2) is 16.7 Å². The molecule has 0 aliphatic rings. The van der Waals surface area contributed by atoms with Gasteiger partial charge in [0.2, 0.25) is 0 Å². The van der Waals surface area contributed by atoms with Crippen molar-refractivity contribution in [2.75, 3.05) is 7.11 Å². The second-order valence-corrected chi connectivity index (χ2v) is 4.63. The van der Waals surface area contributed by atoms with E-state index in [9.17, 15) is 9.18 Å². The monoisotopic (exact) mass is 292 g/mol. The first-order chi connectivity index (χ1) is 9.52. The third-order valence-corrected chi connectivity index (χ3v) is 3.07. The average Bonchev–Trinajstić information content (AvgIpc) is 2.41. The predicted octanol–water partition coefficient (Wildman–Crippen LogP) is 1.68. The summed E-state index contributed by atoms with van der Waals surface area (Å²) >= 11 is 4.82. The lowest BCUT2D eigenvalue weighted by Gasteiger charge is -2.09. The SMILES string of the molecule is COc1ccc(Cn2cccc(C(N)=S)c2=O)cc1F. The lowest BCUT2D eigenvalue weighted by molar-refractivity contribution is 0.386. The number of nitrogens with zero attached hydrogens (tertiary/aromatic N) is 1. The van der Waals surface area contributed by atoms with E-state index in [0.29, 0.717) is 5.56 Å². The van der Waals surface area contributed by atoms with Crippen LogP contribution in [-0.2, 0) is 6.54 Å². The van der Waals surface area contributed by atoms with E-state index in [-0.39, 0.29) is 28.4 Å². The second-order valence-electron chi connectivity index (χ2n) is 4.19. The molecule has 0 saturated carbocycles. The molecular formula is C14H13FN2O2S. The van der Waals surface area contributed by atoms with Gasteiger partial charge in [-0.25, -0.2) is 4.39 Å². The summed E-state index contributed by atoms with van der Waals surface area (Å²) < 4.78 is 19.9. The van der Waals surface area contributed by atoms with Gasteiger partial charge in [-0.05, 0) is 29.8 Å². The number of pyridine rings is 1. The molecule has 6 heteroatoms. The summed E-state index contributed by atoms with van der Waals surface area (Å²) in [6.45, 7) is 0.232. The largest absolute Gasteiger partial charge is 0.494 e. The van der Waals surface area contributed by atoms with Crippen molar-refractivity contribution in [1.82, 2.24) is 4.57 Å². The van der Waals surface area contributed by atoms with E-state index in [4.69, 9.17) is 22.7 Å². The van der Waals surface area contributed by atoms with Gasteiger partial charge in [0.05, 0.1) is 19.2 Å². The van der Waals surface area contributed by atoms with Gasteiger partial charge in [-0.2, -0.15) is 0 Å². The molecule has 0 unspecified atom stereocenters. The highest BCUT2D eigenvalue weighted by atomic mass is 32.1. The molecule has 2 aromatic rings. The Balaban J connectivity index is 2.35. The van der Waals surface area contributed by atoms with E-state index < -0.39 is 5.82 Å². The van der Waals surface area contributed by atoms with E-state index in [0.717, 1.165) is 0 Å². The maximum Gasteiger partial charge on any atom is 0.261 e. The van der Waals surface area contributed by atoms with Crippen molar-refractivity contribution in [3.63, 3.8) is 0 Å². The molecule has 0 amide bonds. The standard InChI is InChI=1S/C14H13FN2O2S/c1-19-12-5-4-9(7-11(12)15)8-17-6-2-3-10(13(16)20)14(17)18/h2-7H,8H2,1H3,(H2,16,20). The third-order valence-electron chi connectivity index (χ3n) is 2.85. The summed E-state index contributed by atoms with van der Waals surface area (Å²) in [5.74, 6) is -0.304. The first kappa shape index (κ1) is 14.2. The number of halogens is 1. The van der Waals surface area contributed by atoms with Crippen molar-refractivity contribution in [3.05, 3.63) is 63.8 Å². The number of hydrogen-bond acceptors (Lipinski definition) is 3. The van der Waals surface area contributed by atoms with Crippen LogP contribution in [0.2, 0.25) is 0 Å². The van der Waals surface area contributed by atoms with Crippen molar-refractivity contribution in [2.24, 2.45) is 5.73 Å². The van der Waals surface area contributed by atoms with Crippen LogP contribution in [0, 0.1) is 5.82 Å². The zero-order valence-corrected chi connectivity index (χ0v) is 11.6. The van der Waals surface area contributed by atoms with Crippen LogP contribution in [0.3, 0.4) is 0 Å². The fourth-order valence-electron chi connectivity index (χ4n) is 1.85. The summed E-state index contributed by atoms with van der Waals surface area (Å²) in [7, 11) is 1.40. The molecule has 4 nitrogen and oxygen atoms in total. The number of ether oxygens (including phenoxy) is 1. The molecule has 0 aliphatic heterocycles. The first-order valence-electron chi connectivity index (χ1n) is 5.84. The van der Waals surface area contributed by atoms with Gasteiger partial charge in [0.25, 0.3) is 5.56 Å². The number of benzene rings is 1. The Morgan fingerprint density at radius 2 is 2.20 bits per heavy atom. The highest BCUT2D eigenvalue weighted by molar-refractivity contribution is 7.80. The second kappa shape index (κ2) is 5.83. The van der Waals surface area contributed by atoms with Crippen LogP contribution in [0.1, 0.15) is 11.1 Å². The average molecular weight is 292 g/mol. The van der Waals surface area contributed by atoms with Crippen LogP contribution in [0.15, 0.2) is 41.3 Å². The van der Waals surface area contributed by atoms with Crippen molar-refractivity contribution >= 4 is 17.2 Å². The van der Waals surface area contributed by atoms with Crippen LogP contribution >= 0.6 is 12.2 Å². The minimum atomic E-state index is -0.469.